The number of hydrogen-bond acceptors (Lipinski definition) is 5. The third-order valence-corrected chi connectivity index (χ3v) is 5.71. The van der Waals surface area contributed by atoms with E-state index in [4.69, 9.17) is 18.9 Å². The van der Waals surface area contributed by atoms with Crippen LogP contribution in [0.15, 0.2) is 12.1 Å². The molecular formula is C20H29NO5. The maximum Gasteiger partial charge on any atom is 0.223 e. The lowest BCUT2D eigenvalue weighted by Gasteiger charge is -2.38. The van der Waals surface area contributed by atoms with Crippen LogP contribution >= 0.6 is 0 Å². The molecule has 6 heteroatoms. The molecule has 6 nitrogen and oxygen atoms in total. The molecule has 0 spiro atoms. The zero-order valence-electron chi connectivity index (χ0n) is 16.1. The van der Waals surface area contributed by atoms with Crippen LogP contribution in [0, 0.1) is 0 Å². The number of ether oxygens (including phenoxy) is 4. The van der Waals surface area contributed by atoms with E-state index in [9.17, 15) is 4.79 Å². The minimum absolute atomic E-state index is 0.226. The minimum atomic E-state index is 0.226. The fourth-order valence-corrected chi connectivity index (χ4v) is 4.46. The Morgan fingerprint density at radius 2 is 1.65 bits per heavy atom. The lowest BCUT2D eigenvalue weighted by Crippen LogP contribution is -2.48. The van der Waals surface area contributed by atoms with Crippen LogP contribution in [0.25, 0.3) is 0 Å². The molecule has 0 saturated carbocycles. The predicted octanol–water partition coefficient (Wildman–Crippen LogP) is 2.81. The Bertz CT molecular complexity index is 633. The number of carbonyl (C=O) groups is 1. The summed E-state index contributed by atoms with van der Waals surface area (Å²) in [5.41, 5.74) is 0.956. The molecule has 2 bridgehead atoms. The summed E-state index contributed by atoms with van der Waals surface area (Å²) in [6.45, 7) is 0. The van der Waals surface area contributed by atoms with Gasteiger partial charge in [-0.25, -0.2) is 0 Å². The Morgan fingerprint density at radius 1 is 1.00 bits per heavy atom. The van der Waals surface area contributed by atoms with Gasteiger partial charge in [0.15, 0.2) is 11.5 Å². The first-order chi connectivity index (χ1) is 12.6. The first-order valence-electron chi connectivity index (χ1n) is 9.24. The summed E-state index contributed by atoms with van der Waals surface area (Å²) in [5, 5.41) is 0. The second-order valence-electron chi connectivity index (χ2n) is 7.01. The number of amides is 1. The van der Waals surface area contributed by atoms with Crippen molar-refractivity contribution in [3.63, 3.8) is 0 Å². The van der Waals surface area contributed by atoms with Crippen LogP contribution in [0.4, 0.5) is 0 Å². The number of aryl methyl sites for hydroxylation is 1. The zero-order valence-corrected chi connectivity index (χ0v) is 16.1. The van der Waals surface area contributed by atoms with Crippen molar-refractivity contribution in [1.29, 1.82) is 0 Å². The van der Waals surface area contributed by atoms with Gasteiger partial charge in [0.05, 0.1) is 27.4 Å². The largest absolute Gasteiger partial charge is 0.493 e. The predicted molar refractivity (Wildman–Crippen MR) is 98.1 cm³/mol. The molecule has 2 fully saturated rings. The van der Waals surface area contributed by atoms with Gasteiger partial charge in [-0.15, -0.1) is 0 Å². The van der Waals surface area contributed by atoms with Gasteiger partial charge in [0.2, 0.25) is 11.7 Å². The molecule has 1 aromatic rings. The highest BCUT2D eigenvalue weighted by Gasteiger charge is 2.42. The fraction of sp³-hybridized carbons (Fsp3) is 0.650. The summed E-state index contributed by atoms with van der Waals surface area (Å²) < 4.78 is 21.8. The normalized spacial score (nSPS) is 24.5. The van der Waals surface area contributed by atoms with E-state index < -0.39 is 0 Å². The van der Waals surface area contributed by atoms with Crippen LogP contribution in [-0.2, 0) is 16.0 Å². The molecule has 1 amide bonds. The van der Waals surface area contributed by atoms with Crippen LogP contribution < -0.4 is 14.2 Å². The van der Waals surface area contributed by atoms with Gasteiger partial charge < -0.3 is 23.8 Å². The fourth-order valence-electron chi connectivity index (χ4n) is 4.46. The van der Waals surface area contributed by atoms with E-state index >= 15 is 0 Å². The van der Waals surface area contributed by atoms with E-state index in [0.717, 1.165) is 31.2 Å². The molecule has 2 unspecified atom stereocenters. The highest BCUT2D eigenvalue weighted by atomic mass is 16.5. The molecule has 144 valence electrons. The summed E-state index contributed by atoms with van der Waals surface area (Å²) in [5.74, 6) is 2.06. The molecule has 26 heavy (non-hydrogen) atoms. The van der Waals surface area contributed by atoms with E-state index in [0.29, 0.717) is 48.3 Å². The van der Waals surface area contributed by atoms with Crippen LogP contribution in [0.5, 0.6) is 17.2 Å². The van der Waals surface area contributed by atoms with E-state index in [-0.39, 0.29) is 5.91 Å². The van der Waals surface area contributed by atoms with Crippen molar-refractivity contribution in [1.82, 2.24) is 4.90 Å². The zero-order chi connectivity index (χ0) is 18.7. The molecule has 2 atom stereocenters. The highest BCUT2D eigenvalue weighted by molar-refractivity contribution is 5.78. The molecule has 0 aliphatic carbocycles. The molecule has 2 aliphatic rings. The maximum atomic E-state index is 12.9. The van der Waals surface area contributed by atoms with Crippen molar-refractivity contribution in [2.24, 2.45) is 0 Å². The Labute approximate surface area is 155 Å². The van der Waals surface area contributed by atoms with Gasteiger partial charge in [-0.1, -0.05) is 6.07 Å². The summed E-state index contributed by atoms with van der Waals surface area (Å²) in [6.07, 6.45) is 5.48. The molecule has 2 saturated heterocycles. The smallest absolute Gasteiger partial charge is 0.223 e. The second-order valence-corrected chi connectivity index (χ2v) is 7.01. The minimum Gasteiger partial charge on any atom is -0.493 e. The molecular weight excluding hydrogens is 334 g/mol. The second kappa shape index (κ2) is 8.16. The standard InChI is InChI=1S/C20H29NO5/c1-23-16-11-14-7-8-15(12-16)21(14)18(22)10-6-13-5-9-17(24-2)20(26-4)19(13)25-3/h5,9,14-16H,6-8,10-12H2,1-4H3. The average molecular weight is 363 g/mol. The number of rotatable bonds is 7. The topological polar surface area (TPSA) is 57.2 Å². The lowest BCUT2D eigenvalue weighted by atomic mass is 9.98. The molecule has 2 heterocycles. The Balaban J connectivity index is 1.69. The molecule has 2 aliphatic heterocycles. The Morgan fingerprint density at radius 3 is 2.19 bits per heavy atom. The number of piperidine rings is 1. The molecule has 1 aromatic carbocycles. The van der Waals surface area contributed by atoms with Crippen molar-refractivity contribution in [3.8, 4) is 17.2 Å². The summed E-state index contributed by atoms with van der Waals surface area (Å²) in [4.78, 5) is 15.0. The molecule has 3 rings (SSSR count). The van der Waals surface area contributed by atoms with Gasteiger partial charge in [0.1, 0.15) is 0 Å². The average Bonchev–Trinajstić information content (AvgIpc) is 2.94. The van der Waals surface area contributed by atoms with Crippen LogP contribution in [0.3, 0.4) is 0 Å². The Kier molecular flexibility index (Phi) is 5.91. The third-order valence-electron chi connectivity index (χ3n) is 5.71. The van der Waals surface area contributed by atoms with Gasteiger partial charge in [-0.05, 0) is 43.7 Å². The van der Waals surface area contributed by atoms with Gasteiger partial charge in [0, 0.05) is 25.6 Å². The first-order valence-corrected chi connectivity index (χ1v) is 9.24. The molecule has 0 radical (unpaired) electrons. The van der Waals surface area contributed by atoms with Gasteiger partial charge in [-0.2, -0.15) is 0 Å². The van der Waals surface area contributed by atoms with E-state index in [1.54, 1.807) is 28.4 Å². The number of methoxy groups -OCH3 is 4. The Hall–Kier alpha value is -1.95. The van der Waals surface area contributed by atoms with Crippen molar-refractivity contribution in [3.05, 3.63) is 17.7 Å². The number of fused-ring (bicyclic) bond motifs is 2. The number of carbonyl (C=O) groups excluding carboxylic acids is 1. The summed E-state index contributed by atoms with van der Waals surface area (Å²) >= 11 is 0. The van der Waals surface area contributed by atoms with Crippen molar-refractivity contribution in [2.75, 3.05) is 28.4 Å². The lowest BCUT2D eigenvalue weighted by molar-refractivity contribution is -0.137. The molecule has 0 N–H and O–H groups in total. The van der Waals surface area contributed by atoms with Gasteiger partial charge in [-0.3, -0.25) is 4.79 Å². The van der Waals surface area contributed by atoms with Crippen molar-refractivity contribution >= 4 is 5.91 Å². The quantitative estimate of drug-likeness (QED) is 0.746. The summed E-state index contributed by atoms with van der Waals surface area (Å²) in [6, 6.07) is 4.46. The van der Waals surface area contributed by atoms with Crippen LogP contribution in [-0.4, -0.2) is 57.4 Å². The van der Waals surface area contributed by atoms with E-state index in [2.05, 4.69) is 4.90 Å². The third kappa shape index (κ3) is 3.47. The van der Waals surface area contributed by atoms with Crippen LogP contribution in [0.2, 0.25) is 0 Å². The molecule has 0 aromatic heterocycles. The summed E-state index contributed by atoms with van der Waals surface area (Å²) in [7, 11) is 6.57. The SMILES string of the molecule is COc1ccc(CCC(=O)N2C3CCC2CC(OC)C3)c(OC)c1OC. The number of nitrogens with zero attached hydrogens (tertiary/aromatic N) is 1. The highest BCUT2D eigenvalue weighted by Crippen LogP contribution is 2.41. The first kappa shape index (κ1) is 18.8. The number of benzene rings is 1. The van der Waals surface area contributed by atoms with Crippen molar-refractivity contribution < 1.29 is 23.7 Å². The van der Waals surface area contributed by atoms with E-state index in [1.165, 1.54) is 0 Å². The monoisotopic (exact) mass is 363 g/mol. The van der Waals surface area contributed by atoms with Crippen LogP contribution in [0.1, 0.15) is 37.7 Å². The maximum absolute atomic E-state index is 12.9. The van der Waals surface area contributed by atoms with E-state index in [1.807, 2.05) is 12.1 Å². The van der Waals surface area contributed by atoms with Gasteiger partial charge >= 0.3 is 0 Å². The number of hydrogen-bond donors (Lipinski definition) is 0. The van der Waals surface area contributed by atoms with Gasteiger partial charge in [0.25, 0.3) is 0 Å². The van der Waals surface area contributed by atoms with Crippen molar-refractivity contribution in [2.45, 2.75) is 56.7 Å².